The third kappa shape index (κ3) is 2.25. The van der Waals surface area contributed by atoms with Gasteiger partial charge in [0.15, 0.2) is 0 Å². The monoisotopic (exact) mass is 280 g/mol. The summed E-state index contributed by atoms with van der Waals surface area (Å²) in [6.45, 7) is 2.51. The molecule has 3 rings (SSSR count). The van der Waals surface area contributed by atoms with E-state index in [1.807, 2.05) is 31.2 Å². The number of fused-ring (bicyclic) bond motifs is 1. The number of nitrogen functional groups attached to an aromatic ring is 1. The molecule has 0 amide bonds. The maximum absolute atomic E-state index is 11.4. The van der Waals surface area contributed by atoms with E-state index in [1.54, 1.807) is 12.1 Å². The van der Waals surface area contributed by atoms with E-state index in [-0.39, 0.29) is 5.56 Å². The summed E-state index contributed by atoms with van der Waals surface area (Å²) in [6.07, 6.45) is 0. The summed E-state index contributed by atoms with van der Waals surface area (Å²) in [4.78, 5) is 11.4. The molecule has 0 fully saturated rings. The van der Waals surface area contributed by atoms with Gasteiger partial charge in [0.05, 0.1) is 5.56 Å². The average molecular weight is 280 g/mol. The number of nitrogens with two attached hydrogens (primary N) is 1. The molecule has 3 aromatic rings. The Morgan fingerprint density at radius 2 is 1.95 bits per heavy atom. The fourth-order valence-corrected chi connectivity index (χ4v) is 2.74. The number of carboxylic acid groups (broad SMARTS) is 1. The van der Waals surface area contributed by atoms with Gasteiger partial charge in [-0.05, 0) is 36.1 Å². The van der Waals surface area contributed by atoms with Crippen LogP contribution in [-0.4, -0.2) is 15.6 Å². The Labute approximate surface area is 122 Å². The van der Waals surface area contributed by atoms with Crippen LogP contribution in [0.2, 0.25) is 0 Å². The molecule has 0 atom stereocenters. The van der Waals surface area contributed by atoms with Gasteiger partial charge in [0, 0.05) is 23.4 Å². The predicted molar refractivity (Wildman–Crippen MR) is 83.6 cm³/mol. The van der Waals surface area contributed by atoms with Crippen molar-refractivity contribution in [3.63, 3.8) is 0 Å². The lowest BCUT2D eigenvalue weighted by Crippen LogP contribution is -2.10. The third-order valence-electron chi connectivity index (χ3n) is 3.74. The number of para-hydroxylation sites is 1. The van der Waals surface area contributed by atoms with Crippen molar-refractivity contribution in [2.45, 2.75) is 13.5 Å². The van der Waals surface area contributed by atoms with Crippen LogP contribution in [0, 0.1) is 6.92 Å². The fourth-order valence-electron chi connectivity index (χ4n) is 2.74. The maximum atomic E-state index is 11.4. The van der Waals surface area contributed by atoms with Crippen molar-refractivity contribution in [3.05, 3.63) is 65.4 Å². The molecule has 1 heterocycles. The van der Waals surface area contributed by atoms with Gasteiger partial charge in [-0.3, -0.25) is 0 Å². The molecular weight excluding hydrogens is 264 g/mol. The highest BCUT2D eigenvalue weighted by Crippen LogP contribution is 2.23. The van der Waals surface area contributed by atoms with Crippen molar-refractivity contribution in [3.8, 4) is 0 Å². The first-order chi connectivity index (χ1) is 10.1. The van der Waals surface area contributed by atoms with E-state index in [0.717, 1.165) is 16.6 Å². The molecule has 1 aromatic heterocycles. The van der Waals surface area contributed by atoms with Gasteiger partial charge in [0.1, 0.15) is 0 Å². The minimum atomic E-state index is -0.989. The summed E-state index contributed by atoms with van der Waals surface area (Å²) in [5, 5.41) is 10.5. The standard InChI is InChI=1S/C17H16N2O2/c1-11-9-12-5-2-3-8-15(12)19(11)10-13-6-4-7-14(18)16(13)17(20)21/h2-9H,10,18H2,1H3,(H,20,21). The second-order valence-electron chi connectivity index (χ2n) is 5.12. The summed E-state index contributed by atoms with van der Waals surface area (Å²) in [5.74, 6) is -0.989. The van der Waals surface area contributed by atoms with Gasteiger partial charge in [0.25, 0.3) is 0 Å². The third-order valence-corrected chi connectivity index (χ3v) is 3.74. The molecule has 21 heavy (non-hydrogen) atoms. The Morgan fingerprint density at radius 1 is 1.19 bits per heavy atom. The van der Waals surface area contributed by atoms with Crippen molar-refractivity contribution in [2.24, 2.45) is 0 Å². The van der Waals surface area contributed by atoms with E-state index in [4.69, 9.17) is 5.73 Å². The summed E-state index contributed by atoms with van der Waals surface area (Å²) in [7, 11) is 0. The van der Waals surface area contributed by atoms with Gasteiger partial charge in [-0.15, -0.1) is 0 Å². The minimum absolute atomic E-state index is 0.190. The molecule has 0 saturated carbocycles. The molecule has 0 aliphatic heterocycles. The first kappa shape index (κ1) is 13.2. The van der Waals surface area contributed by atoms with Gasteiger partial charge in [-0.2, -0.15) is 0 Å². The second kappa shape index (κ2) is 4.98. The van der Waals surface area contributed by atoms with E-state index >= 15 is 0 Å². The van der Waals surface area contributed by atoms with Crippen molar-refractivity contribution in [1.82, 2.24) is 4.57 Å². The summed E-state index contributed by atoms with van der Waals surface area (Å²) in [6, 6.07) is 15.4. The molecule has 0 aliphatic carbocycles. The van der Waals surface area contributed by atoms with Crippen LogP contribution in [0.1, 0.15) is 21.6 Å². The molecule has 0 spiro atoms. The van der Waals surface area contributed by atoms with Crippen LogP contribution in [0.15, 0.2) is 48.5 Å². The van der Waals surface area contributed by atoms with E-state index in [1.165, 1.54) is 0 Å². The largest absolute Gasteiger partial charge is 0.478 e. The topological polar surface area (TPSA) is 68.2 Å². The molecule has 0 saturated heterocycles. The van der Waals surface area contributed by atoms with Crippen LogP contribution >= 0.6 is 0 Å². The first-order valence-corrected chi connectivity index (χ1v) is 6.73. The van der Waals surface area contributed by atoms with Crippen LogP contribution in [0.3, 0.4) is 0 Å². The molecule has 4 heteroatoms. The Balaban J connectivity index is 2.13. The zero-order valence-corrected chi connectivity index (χ0v) is 11.7. The molecule has 0 bridgehead atoms. The van der Waals surface area contributed by atoms with Crippen LogP contribution in [0.4, 0.5) is 5.69 Å². The van der Waals surface area contributed by atoms with Crippen molar-refractivity contribution < 1.29 is 9.90 Å². The molecule has 106 valence electrons. The molecule has 3 N–H and O–H groups in total. The highest BCUT2D eigenvalue weighted by Gasteiger charge is 2.15. The number of hydrogen-bond donors (Lipinski definition) is 2. The molecule has 4 nitrogen and oxygen atoms in total. The molecule has 0 aliphatic rings. The lowest BCUT2D eigenvalue weighted by atomic mass is 10.1. The number of rotatable bonds is 3. The number of nitrogens with zero attached hydrogens (tertiary/aromatic N) is 1. The number of aromatic nitrogens is 1. The normalized spacial score (nSPS) is 10.9. The lowest BCUT2D eigenvalue weighted by molar-refractivity contribution is 0.0696. The number of aromatic carboxylic acids is 1. The van der Waals surface area contributed by atoms with Crippen LogP contribution in [0.25, 0.3) is 10.9 Å². The number of carbonyl (C=O) groups is 1. The number of hydrogen-bond acceptors (Lipinski definition) is 2. The van der Waals surface area contributed by atoms with E-state index < -0.39 is 5.97 Å². The Hall–Kier alpha value is -2.75. The van der Waals surface area contributed by atoms with E-state index in [0.29, 0.717) is 17.8 Å². The Morgan fingerprint density at radius 3 is 2.71 bits per heavy atom. The van der Waals surface area contributed by atoms with Crippen molar-refractivity contribution in [1.29, 1.82) is 0 Å². The van der Waals surface area contributed by atoms with Crippen LogP contribution in [0.5, 0.6) is 0 Å². The van der Waals surface area contributed by atoms with Crippen molar-refractivity contribution in [2.75, 3.05) is 5.73 Å². The van der Waals surface area contributed by atoms with Crippen LogP contribution in [-0.2, 0) is 6.54 Å². The predicted octanol–water partition coefficient (Wildman–Crippen LogP) is 3.28. The zero-order valence-electron chi connectivity index (χ0n) is 11.7. The van der Waals surface area contributed by atoms with Gasteiger partial charge in [-0.1, -0.05) is 30.3 Å². The van der Waals surface area contributed by atoms with Gasteiger partial charge < -0.3 is 15.4 Å². The minimum Gasteiger partial charge on any atom is -0.478 e. The average Bonchev–Trinajstić information content (AvgIpc) is 2.75. The quantitative estimate of drug-likeness (QED) is 0.723. The van der Waals surface area contributed by atoms with Gasteiger partial charge in [-0.25, -0.2) is 4.79 Å². The zero-order chi connectivity index (χ0) is 15.0. The summed E-state index contributed by atoms with van der Waals surface area (Å²) >= 11 is 0. The Bertz CT molecular complexity index is 834. The van der Waals surface area contributed by atoms with E-state index in [9.17, 15) is 9.90 Å². The fraction of sp³-hybridized carbons (Fsp3) is 0.118. The summed E-state index contributed by atoms with van der Waals surface area (Å²) in [5.41, 5.74) is 9.20. The first-order valence-electron chi connectivity index (χ1n) is 6.73. The molecular formula is C17H16N2O2. The van der Waals surface area contributed by atoms with Gasteiger partial charge >= 0.3 is 5.97 Å². The molecule has 2 aromatic carbocycles. The van der Waals surface area contributed by atoms with Crippen LogP contribution < -0.4 is 5.73 Å². The molecule has 0 unspecified atom stereocenters. The number of anilines is 1. The Kier molecular flexibility index (Phi) is 3.14. The lowest BCUT2D eigenvalue weighted by Gasteiger charge is -2.12. The highest BCUT2D eigenvalue weighted by atomic mass is 16.4. The maximum Gasteiger partial charge on any atom is 0.338 e. The SMILES string of the molecule is Cc1cc2ccccc2n1Cc1cccc(N)c1C(=O)O. The van der Waals surface area contributed by atoms with E-state index in [2.05, 4.69) is 16.7 Å². The smallest absolute Gasteiger partial charge is 0.338 e. The second-order valence-corrected chi connectivity index (χ2v) is 5.12. The highest BCUT2D eigenvalue weighted by molar-refractivity contribution is 5.95. The molecule has 0 radical (unpaired) electrons. The van der Waals surface area contributed by atoms with Crippen molar-refractivity contribution >= 4 is 22.6 Å². The summed E-state index contributed by atoms with van der Waals surface area (Å²) < 4.78 is 2.11. The number of carboxylic acids is 1. The van der Waals surface area contributed by atoms with Gasteiger partial charge in [0.2, 0.25) is 0 Å². The number of aryl methyl sites for hydroxylation is 1. The number of benzene rings is 2.